The summed E-state index contributed by atoms with van der Waals surface area (Å²) in [7, 11) is 1.91. The van der Waals surface area contributed by atoms with E-state index in [1.54, 1.807) is 6.92 Å². The molecule has 0 aliphatic carbocycles. The van der Waals surface area contributed by atoms with E-state index in [0.717, 1.165) is 25.2 Å². The Morgan fingerprint density at radius 3 is 3.06 bits per heavy atom. The average molecular weight is 221 g/mol. The summed E-state index contributed by atoms with van der Waals surface area (Å²) in [5.41, 5.74) is 0.577. The van der Waals surface area contributed by atoms with Crippen molar-refractivity contribution in [3.8, 4) is 0 Å². The highest BCUT2D eigenvalue weighted by atomic mass is 16.1. The molecule has 0 bridgehead atoms. The van der Waals surface area contributed by atoms with Crippen molar-refractivity contribution in [1.82, 2.24) is 24.9 Å². The van der Waals surface area contributed by atoms with E-state index in [-0.39, 0.29) is 5.56 Å². The first-order valence-electron chi connectivity index (χ1n) is 5.30. The molecule has 0 unspecified atom stereocenters. The molecule has 86 valence electrons. The highest BCUT2D eigenvalue weighted by molar-refractivity contribution is 5.27. The molecule has 0 aliphatic heterocycles. The SMILES string of the molecule is CNCCCc1nc2nc(C)cc(=O)n2[nH]1. The zero-order valence-electron chi connectivity index (χ0n) is 9.45. The van der Waals surface area contributed by atoms with E-state index in [9.17, 15) is 4.79 Å². The Bertz CT molecular complexity index is 542. The number of rotatable bonds is 4. The molecule has 2 N–H and O–H groups in total. The maximum Gasteiger partial charge on any atom is 0.274 e. The molecule has 2 aromatic rings. The minimum atomic E-state index is -0.116. The molecule has 2 heterocycles. The van der Waals surface area contributed by atoms with Crippen molar-refractivity contribution >= 4 is 5.78 Å². The fourth-order valence-electron chi connectivity index (χ4n) is 1.58. The van der Waals surface area contributed by atoms with Crippen LogP contribution in [0, 0.1) is 6.92 Å². The van der Waals surface area contributed by atoms with Crippen LogP contribution < -0.4 is 10.9 Å². The molecular formula is C10H15N5O. The Morgan fingerprint density at radius 2 is 2.31 bits per heavy atom. The third-order valence-corrected chi connectivity index (χ3v) is 2.35. The summed E-state index contributed by atoms with van der Waals surface area (Å²) in [5.74, 6) is 1.25. The van der Waals surface area contributed by atoms with E-state index >= 15 is 0 Å². The number of aromatic nitrogens is 4. The fraction of sp³-hybridized carbons (Fsp3) is 0.500. The van der Waals surface area contributed by atoms with E-state index in [2.05, 4.69) is 20.4 Å². The molecule has 2 rings (SSSR count). The number of H-pyrrole nitrogens is 1. The lowest BCUT2D eigenvalue weighted by Crippen LogP contribution is -2.14. The van der Waals surface area contributed by atoms with Gasteiger partial charge in [-0.05, 0) is 26.9 Å². The van der Waals surface area contributed by atoms with Gasteiger partial charge >= 0.3 is 0 Å². The lowest BCUT2D eigenvalue weighted by molar-refractivity contribution is 0.699. The van der Waals surface area contributed by atoms with Crippen LogP contribution in [0.3, 0.4) is 0 Å². The van der Waals surface area contributed by atoms with Crippen LogP contribution in [0.25, 0.3) is 5.78 Å². The van der Waals surface area contributed by atoms with Crippen molar-refractivity contribution in [3.05, 3.63) is 27.9 Å². The minimum Gasteiger partial charge on any atom is -0.320 e. The Morgan fingerprint density at radius 1 is 1.50 bits per heavy atom. The predicted octanol–water partition coefficient (Wildman–Crippen LogP) is -0.122. The maximum absolute atomic E-state index is 11.6. The largest absolute Gasteiger partial charge is 0.320 e. The van der Waals surface area contributed by atoms with Gasteiger partial charge in [0.2, 0.25) is 0 Å². The smallest absolute Gasteiger partial charge is 0.274 e. The zero-order chi connectivity index (χ0) is 11.5. The summed E-state index contributed by atoms with van der Waals surface area (Å²) in [6.07, 6.45) is 1.78. The standard InChI is InChI=1S/C10H15N5O/c1-7-6-9(16)15-10(12-7)13-8(14-15)4-3-5-11-2/h6,11H,3-5H2,1-2H3,(H,12,13,14). The number of hydrogen-bond acceptors (Lipinski definition) is 4. The normalized spacial score (nSPS) is 11.1. The quantitative estimate of drug-likeness (QED) is 0.706. The Hall–Kier alpha value is -1.69. The van der Waals surface area contributed by atoms with Gasteiger partial charge in [-0.2, -0.15) is 9.50 Å². The molecule has 0 amide bonds. The van der Waals surface area contributed by atoms with Crippen LogP contribution in [0.4, 0.5) is 0 Å². The molecule has 0 fully saturated rings. The molecule has 0 atom stereocenters. The van der Waals surface area contributed by atoms with Crippen LogP contribution in [0.5, 0.6) is 0 Å². The van der Waals surface area contributed by atoms with Gasteiger partial charge < -0.3 is 5.32 Å². The summed E-state index contributed by atoms with van der Waals surface area (Å²) in [6, 6.07) is 1.49. The first kappa shape index (κ1) is 10.8. The second-order valence-corrected chi connectivity index (χ2v) is 3.75. The number of hydrogen-bond donors (Lipinski definition) is 2. The van der Waals surface area contributed by atoms with Gasteiger partial charge in [-0.1, -0.05) is 0 Å². The average Bonchev–Trinajstić information content (AvgIpc) is 2.61. The summed E-state index contributed by atoms with van der Waals surface area (Å²) >= 11 is 0. The van der Waals surface area contributed by atoms with Gasteiger partial charge in [0.25, 0.3) is 11.3 Å². The van der Waals surface area contributed by atoms with Crippen LogP contribution in [-0.4, -0.2) is 33.2 Å². The van der Waals surface area contributed by atoms with Gasteiger partial charge in [0.15, 0.2) is 0 Å². The van der Waals surface area contributed by atoms with Gasteiger partial charge in [0.05, 0.1) is 0 Å². The Balaban J connectivity index is 2.29. The van der Waals surface area contributed by atoms with Crippen LogP contribution in [-0.2, 0) is 6.42 Å². The molecule has 0 radical (unpaired) electrons. The summed E-state index contributed by atoms with van der Waals surface area (Å²) in [4.78, 5) is 20.0. The van der Waals surface area contributed by atoms with E-state index in [1.165, 1.54) is 10.6 Å². The first-order valence-corrected chi connectivity index (χ1v) is 5.30. The highest BCUT2D eigenvalue weighted by Crippen LogP contribution is 1.99. The van der Waals surface area contributed by atoms with Crippen molar-refractivity contribution in [2.75, 3.05) is 13.6 Å². The molecule has 0 saturated carbocycles. The Labute approximate surface area is 92.7 Å². The number of aryl methyl sites for hydroxylation is 2. The van der Waals surface area contributed by atoms with Crippen LogP contribution >= 0.6 is 0 Å². The number of aromatic amines is 1. The lowest BCUT2D eigenvalue weighted by atomic mass is 10.3. The Kier molecular flexibility index (Phi) is 3.00. The summed E-state index contributed by atoms with van der Waals surface area (Å²) in [5, 5.41) is 6.02. The topological polar surface area (TPSA) is 75.1 Å². The van der Waals surface area contributed by atoms with Gasteiger partial charge in [-0.15, -0.1) is 0 Å². The molecule has 6 nitrogen and oxygen atoms in total. The second-order valence-electron chi connectivity index (χ2n) is 3.75. The minimum absolute atomic E-state index is 0.116. The van der Waals surface area contributed by atoms with Gasteiger partial charge in [0, 0.05) is 18.2 Å². The molecule has 6 heteroatoms. The van der Waals surface area contributed by atoms with Crippen molar-refractivity contribution < 1.29 is 0 Å². The summed E-state index contributed by atoms with van der Waals surface area (Å²) in [6.45, 7) is 2.72. The molecular weight excluding hydrogens is 206 g/mol. The predicted molar refractivity (Wildman–Crippen MR) is 60.6 cm³/mol. The third kappa shape index (κ3) is 2.11. The molecule has 2 aromatic heterocycles. The zero-order valence-corrected chi connectivity index (χ0v) is 9.45. The van der Waals surface area contributed by atoms with E-state index < -0.39 is 0 Å². The van der Waals surface area contributed by atoms with Crippen LogP contribution in [0.2, 0.25) is 0 Å². The molecule has 0 spiro atoms. The van der Waals surface area contributed by atoms with E-state index in [4.69, 9.17) is 0 Å². The molecule has 0 aromatic carbocycles. The molecule has 0 aliphatic rings. The van der Waals surface area contributed by atoms with Crippen molar-refractivity contribution in [3.63, 3.8) is 0 Å². The van der Waals surface area contributed by atoms with Crippen LogP contribution in [0.15, 0.2) is 10.9 Å². The fourth-order valence-corrected chi connectivity index (χ4v) is 1.58. The first-order chi connectivity index (χ1) is 7.70. The van der Waals surface area contributed by atoms with Gasteiger partial charge in [0.1, 0.15) is 5.82 Å². The number of nitrogens with zero attached hydrogens (tertiary/aromatic N) is 3. The number of nitrogens with one attached hydrogen (secondary N) is 2. The van der Waals surface area contributed by atoms with Crippen molar-refractivity contribution in [2.24, 2.45) is 0 Å². The second kappa shape index (κ2) is 4.44. The third-order valence-electron chi connectivity index (χ3n) is 2.35. The van der Waals surface area contributed by atoms with Gasteiger partial charge in [-0.25, -0.2) is 4.98 Å². The highest BCUT2D eigenvalue weighted by Gasteiger charge is 2.05. The number of fused-ring (bicyclic) bond motifs is 1. The molecule has 0 saturated heterocycles. The summed E-state index contributed by atoms with van der Waals surface area (Å²) < 4.78 is 1.38. The monoisotopic (exact) mass is 221 g/mol. The van der Waals surface area contributed by atoms with Crippen molar-refractivity contribution in [2.45, 2.75) is 19.8 Å². The van der Waals surface area contributed by atoms with Crippen molar-refractivity contribution in [1.29, 1.82) is 0 Å². The van der Waals surface area contributed by atoms with E-state index in [0.29, 0.717) is 11.5 Å². The molecule has 16 heavy (non-hydrogen) atoms. The van der Waals surface area contributed by atoms with E-state index in [1.807, 2.05) is 7.05 Å². The lowest BCUT2D eigenvalue weighted by Gasteiger charge is -1.94. The van der Waals surface area contributed by atoms with Gasteiger partial charge in [-0.3, -0.25) is 9.89 Å². The van der Waals surface area contributed by atoms with Crippen LogP contribution in [0.1, 0.15) is 17.9 Å². The maximum atomic E-state index is 11.6.